The molecule has 102 valence electrons. The molecule has 1 aromatic heterocycles. The highest BCUT2D eigenvalue weighted by Gasteiger charge is 2.11. The first-order valence-electron chi connectivity index (χ1n) is 7.05. The van der Waals surface area contributed by atoms with Gasteiger partial charge in [-0.05, 0) is 44.0 Å². The molecule has 0 amide bonds. The minimum absolute atomic E-state index is 0.525. The van der Waals surface area contributed by atoms with E-state index in [9.17, 15) is 0 Å². The third-order valence-electron chi connectivity index (χ3n) is 3.48. The topological polar surface area (TPSA) is 28.2 Å². The molecule has 0 spiro atoms. The van der Waals surface area contributed by atoms with Crippen molar-refractivity contribution in [2.45, 2.75) is 53.1 Å². The molecule has 0 bridgehead atoms. The van der Waals surface area contributed by atoms with Crippen LogP contribution < -0.4 is 10.2 Å². The number of pyridine rings is 1. The molecule has 0 radical (unpaired) electrons. The second kappa shape index (κ2) is 7.37. The van der Waals surface area contributed by atoms with Crippen molar-refractivity contribution in [1.29, 1.82) is 0 Å². The lowest BCUT2D eigenvalue weighted by Gasteiger charge is -2.26. The van der Waals surface area contributed by atoms with E-state index in [1.54, 1.807) is 0 Å². The Bertz CT molecular complexity index is 363. The monoisotopic (exact) mass is 249 g/mol. The van der Waals surface area contributed by atoms with Gasteiger partial charge in [0.15, 0.2) is 0 Å². The Morgan fingerprint density at radius 2 is 2.00 bits per heavy atom. The Kier molecular flexibility index (Phi) is 6.13. The second-order valence-electron chi connectivity index (χ2n) is 4.83. The summed E-state index contributed by atoms with van der Waals surface area (Å²) in [5.74, 6) is 1.09. The molecular formula is C15H27N3. The van der Waals surface area contributed by atoms with Crippen LogP contribution in [0.3, 0.4) is 0 Å². The molecular weight excluding hydrogens is 222 g/mol. The van der Waals surface area contributed by atoms with Crippen LogP contribution >= 0.6 is 0 Å². The van der Waals surface area contributed by atoms with Gasteiger partial charge in [-0.3, -0.25) is 0 Å². The minimum atomic E-state index is 0.525. The van der Waals surface area contributed by atoms with Gasteiger partial charge in [-0.1, -0.05) is 20.8 Å². The van der Waals surface area contributed by atoms with Gasteiger partial charge >= 0.3 is 0 Å². The van der Waals surface area contributed by atoms with E-state index in [1.807, 2.05) is 0 Å². The van der Waals surface area contributed by atoms with Crippen LogP contribution in [-0.4, -0.2) is 24.6 Å². The maximum Gasteiger partial charge on any atom is 0.129 e. The number of nitrogens with one attached hydrogen (secondary N) is 1. The highest BCUT2D eigenvalue weighted by atomic mass is 15.2. The molecule has 1 atom stereocenters. The van der Waals surface area contributed by atoms with Crippen LogP contribution in [-0.2, 0) is 13.0 Å². The van der Waals surface area contributed by atoms with Crippen molar-refractivity contribution < 1.29 is 0 Å². The van der Waals surface area contributed by atoms with E-state index in [1.165, 1.54) is 11.3 Å². The van der Waals surface area contributed by atoms with Crippen molar-refractivity contribution >= 4 is 5.82 Å². The number of aromatic nitrogens is 1. The minimum Gasteiger partial charge on any atom is -0.357 e. The Hall–Kier alpha value is -1.09. The number of hydrogen-bond acceptors (Lipinski definition) is 3. The maximum atomic E-state index is 4.73. The molecule has 0 aliphatic carbocycles. The second-order valence-corrected chi connectivity index (χ2v) is 4.83. The third-order valence-corrected chi connectivity index (χ3v) is 3.48. The van der Waals surface area contributed by atoms with Crippen molar-refractivity contribution in [2.24, 2.45) is 0 Å². The van der Waals surface area contributed by atoms with Gasteiger partial charge in [0.1, 0.15) is 5.82 Å². The SMILES string of the molecule is CCNCc1cc(CC)nc(N(C)C(C)CC)c1. The summed E-state index contributed by atoms with van der Waals surface area (Å²) in [6.45, 7) is 10.7. The average Bonchev–Trinajstić information content (AvgIpc) is 2.42. The van der Waals surface area contributed by atoms with E-state index >= 15 is 0 Å². The molecule has 3 nitrogen and oxygen atoms in total. The Labute approximate surface area is 112 Å². The predicted molar refractivity (Wildman–Crippen MR) is 79.2 cm³/mol. The summed E-state index contributed by atoms with van der Waals surface area (Å²) in [7, 11) is 2.13. The standard InChI is InChI=1S/C15H27N3/c1-6-12(4)18(5)15-10-13(11-16-8-3)9-14(7-2)17-15/h9-10,12,16H,6-8,11H2,1-5H3. The molecule has 3 heteroatoms. The zero-order chi connectivity index (χ0) is 13.5. The highest BCUT2D eigenvalue weighted by molar-refractivity contribution is 5.43. The third kappa shape index (κ3) is 3.98. The van der Waals surface area contributed by atoms with E-state index in [0.717, 1.165) is 31.7 Å². The van der Waals surface area contributed by atoms with Crippen LogP contribution in [0.15, 0.2) is 12.1 Å². The summed E-state index contributed by atoms with van der Waals surface area (Å²) in [5.41, 5.74) is 2.50. The zero-order valence-corrected chi connectivity index (χ0v) is 12.5. The van der Waals surface area contributed by atoms with E-state index in [0.29, 0.717) is 6.04 Å². The fraction of sp³-hybridized carbons (Fsp3) is 0.667. The quantitative estimate of drug-likeness (QED) is 0.805. The van der Waals surface area contributed by atoms with E-state index in [-0.39, 0.29) is 0 Å². The molecule has 1 unspecified atom stereocenters. The van der Waals surface area contributed by atoms with Gasteiger partial charge in [0.25, 0.3) is 0 Å². The van der Waals surface area contributed by atoms with E-state index in [2.05, 4.69) is 57.1 Å². The summed E-state index contributed by atoms with van der Waals surface area (Å²) in [6, 6.07) is 4.93. The van der Waals surface area contributed by atoms with Crippen molar-refractivity contribution in [1.82, 2.24) is 10.3 Å². The number of anilines is 1. The smallest absolute Gasteiger partial charge is 0.129 e. The lowest BCUT2D eigenvalue weighted by Crippen LogP contribution is -2.29. The summed E-state index contributed by atoms with van der Waals surface area (Å²) < 4.78 is 0. The van der Waals surface area contributed by atoms with Gasteiger partial charge in [-0.2, -0.15) is 0 Å². The molecule has 1 rings (SSSR count). The lowest BCUT2D eigenvalue weighted by molar-refractivity contribution is 0.653. The van der Waals surface area contributed by atoms with Crippen LogP contribution in [0.1, 0.15) is 45.4 Å². The Balaban J connectivity index is 2.95. The Morgan fingerprint density at radius 1 is 1.28 bits per heavy atom. The van der Waals surface area contributed by atoms with Gasteiger partial charge < -0.3 is 10.2 Å². The lowest BCUT2D eigenvalue weighted by atomic mass is 10.1. The fourth-order valence-corrected chi connectivity index (χ4v) is 1.87. The van der Waals surface area contributed by atoms with Crippen molar-refractivity contribution in [3.8, 4) is 0 Å². The average molecular weight is 249 g/mol. The molecule has 18 heavy (non-hydrogen) atoms. The molecule has 1 heterocycles. The zero-order valence-electron chi connectivity index (χ0n) is 12.5. The largest absolute Gasteiger partial charge is 0.357 e. The van der Waals surface area contributed by atoms with Crippen molar-refractivity contribution in [2.75, 3.05) is 18.5 Å². The normalized spacial score (nSPS) is 12.5. The number of aryl methyl sites for hydroxylation is 1. The van der Waals surface area contributed by atoms with Crippen LogP contribution in [0.25, 0.3) is 0 Å². The van der Waals surface area contributed by atoms with Crippen LogP contribution in [0.4, 0.5) is 5.82 Å². The Morgan fingerprint density at radius 3 is 2.56 bits per heavy atom. The van der Waals surface area contributed by atoms with Gasteiger partial charge in [0, 0.05) is 25.3 Å². The fourth-order valence-electron chi connectivity index (χ4n) is 1.87. The molecule has 0 aliphatic rings. The molecule has 1 aromatic rings. The summed E-state index contributed by atoms with van der Waals surface area (Å²) in [4.78, 5) is 7.00. The predicted octanol–water partition coefficient (Wildman–Crippen LogP) is 2.99. The molecule has 0 saturated heterocycles. The first kappa shape index (κ1) is 15.0. The van der Waals surface area contributed by atoms with Crippen molar-refractivity contribution in [3.05, 3.63) is 23.4 Å². The summed E-state index contributed by atoms with van der Waals surface area (Å²) in [6.07, 6.45) is 2.12. The van der Waals surface area contributed by atoms with E-state index < -0.39 is 0 Å². The maximum absolute atomic E-state index is 4.73. The molecule has 0 fully saturated rings. The molecule has 1 N–H and O–H groups in total. The van der Waals surface area contributed by atoms with E-state index in [4.69, 9.17) is 4.98 Å². The highest BCUT2D eigenvalue weighted by Crippen LogP contribution is 2.17. The number of rotatable bonds is 7. The van der Waals surface area contributed by atoms with Gasteiger partial charge in [-0.25, -0.2) is 4.98 Å². The molecule has 0 saturated carbocycles. The van der Waals surface area contributed by atoms with Gasteiger partial charge in [0.05, 0.1) is 0 Å². The van der Waals surface area contributed by atoms with Crippen LogP contribution in [0.5, 0.6) is 0 Å². The van der Waals surface area contributed by atoms with Gasteiger partial charge in [-0.15, -0.1) is 0 Å². The number of nitrogens with zero attached hydrogens (tertiary/aromatic N) is 2. The van der Waals surface area contributed by atoms with Crippen LogP contribution in [0, 0.1) is 0 Å². The molecule has 0 aromatic carbocycles. The first-order chi connectivity index (χ1) is 8.62. The van der Waals surface area contributed by atoms with Crippen molar-refractivity contribution in [3.63, 3.8) is 0 Å². The summed E-state index contributed by atoms with van der Waals surface area (Å²) >= 11 is 0. The number of hydrogen-bond donors (Lipinski definition) is 1. The summed E-state index contributed by atoms with van der Waals surface area (Å²) in [5, 5.41) is 3.38. The van der Waals surface area contributed by atoms with Crippen LogP contribution in [0.2, 0.25) is 0 Å². The molecule has 0 aliphatic heterocycles. The first-order valence-corrected chi connectivity index (χ1v) is 7.05. The van der Waals surface area contributed by atoms with Gasteiger partial charge in [0.2, 0.25) is 0 Å².